The summed E-state index contributed by atoms with van der Waals surface area (Å²) in [5, 5.41) is 5.79. The van der Waals surface area contributed by atoms with Crippen LogP contribution in [0.4, 0.5) is 9.93 Å². The number of ether oxygens (including phenoxy) is 2. The molecule has 0 spiro atoms. The van der Waals surface area contributed by atoms with Gasteiger partial charge in [-0.05, 0) is 51.7 Å². The highest BCUT2D eigenvalue weighted by molar-refractivity contribution is 7.19. The number of hydrogen-bond donors (Lipinski definition) is 2. The molecular weight excluding hydrogens is 426 g/mol. The molecule has 0 aliphatic heterocycles. The molecule has 1 aromatic heterocycles. The van der Waals surface area contributed by atoms with Crippen molar-refractivity contribution in [2.45, 2.75) is 84.2 Å². The number of amides is 2. The number of aromatic nitrogens is 1. The van der Waals surface area contributed by atoms with Crippen molar-refractivity contribution in [3.63, 3.8) is 0 Å². The smallest absolute Gasteiger partial charge is 0.408 e. The van der Waals surface area contributed by atoms with E-state index in [0.717, 1.165) is 28.8 Å². The van der Waals surface area contributed by atoms with E-state index in [2.05, 4.69) is 21.7 Å². The van der Waals surface area contributed by atoms with E-state index < -0.39 is 17.7 Å². The van der Waals surface area contributed by atoms with E-state index >= 15 is 0 Å². The maximum Gasteiger partial charge on any atom is 0.408 e. The zero-order valence-corrected chi connectivity index (χ0v) is 20.1. The first kappa shape index (κ1) is 24.2. The van der Waals surface area contributed by atoms with E-state index in [1.165, 1.54) is 30.6 Å². The minimum Gasteiger partial charge on any atom is -0.444 e. The van der Waals surface area contributed by atoms with Gasteiger partial charge in [0.1, 0.15) is 11.6 Å². The van der Waals surface area contributed by atoms with Gasteiger partial charge in [0, 0.05) is 6.20 Å². The monoisotopic (exact) mass is 459 g/mol. The van der Waals surface area contributed by atoms with Gasteiger partial charge in [0.2, 0.25) is 5.91 Å². The number of thiazole rings is 1. The first-order valence-electron chi connectivity index (χ1n) is 11.2. The molecule has 1 atom stereocenters. The molecule has 3 rings (SSSR count). The van der Waals surface area contributed by atoms with Crippen molar-refractivity contribution >= 4 is 28.5 Å². The Bertz CT molecular complexity index is 916. The molecule has 1 heterocycles. The fourth-order valence-corrected chi connectivity index (χ4v) is 4.43. The van der Waals surface area contributed by atoms with E-state index in [4.69, 9.17) is 9.47 Å². The predicted octanol–water partition coefficient (Wildman–Crippen LogP) is 5.51. The molecule has 0 bridgehead atoms. The van der Waals surface area contributed by atoms with E-state index in [-0.39, 0.29) is 5.91 Å². The number of carbonyl (C=O) groups excluding carboxylic acids is 2. The Morgan fingerprint density at radius 3 is 2.62 bits per heavy atom. The molecule has 1 aromatic carbocycles. The second-order valence-electron chi connectivity index (χ2n) is 9.12. The Kier molecular flexibility index (Phi) is 8.26. The molecule has 0 radical (unpaired) electrons. The lowest BCUT2D eigenvalue weighted by Gasteiger charge is -2.22. The van der Waals surface area contributed by atoms with Crippen molar-refractivity contribution in [1.82, 2.24) is 10.3 Å². The molecule has 174 valence electrons. The average molecular weight is 460 g/mol. The van der Waals surface area contributed by atoms with Crippen molar-refractivity contribution < 1.29 is 19.1 Å². The zero-order valence-electron chi connectivity index (χ0n) is 19.3. The molecule has 1 aliphatic carbocycles. The highest BCUT2D eigenvalue weighted by Crippen LogP contribution is 2.32. The zero-order chi connectivity index (χ0) is 23.1. The summed E-state index contributed by atoms with van der Waals surface area (Å²) < 4.78 is 11.4. The summed E-state index contributed by atoms with van der Waals surface area (Å²) in [5.74, 6) is -0.356. The third kappa shape index (κ3) is 7.31. The summed E-state index contributed by atoms with van der Waals surface area (Å²) in [6, 6.07) is 7.36. The van der Waals surface area contributed by atoms with E-state index in [1.54, 1.807) is 33.9 Å². The van der Waals surface area contributed by atoms with Gasteiger partial charge in [0.25, 0.3) is 0 Å². The molecule has 0 saturated heterocycles. The van der Waals surface area contributed by atoms with E-state index in [0.29, 0.717) is 17.8 Å². The Balaban J connectivity index is 1.59. The van der Waals surface area contributed by atoms with Crippen LogP contribution in [0.3, 0.4) is 0 Å². The lowest BCUT2D eigenvalue weighted by atomic mass is 9.97. The van der Waals surface area contributed by atoms with E-state index in [9.17, 15) is 9.59 Å². The minimum absolute atomic E-state index is 0.340. The second-order valence-corrected chi connectivity index (χ2v) is 10.1. The van der Waals surface area contributed by atoms with Crippen LogP contribution in [0.5, 0.6) is 0 Å². The van der Waals surface area contributed by atoms with E-state index in [1.807, 2.05) is 18.2 Å². The van der Waals surface area contributed by atoms with Gasteiger partial charge in [-0.3, -0.25) is 4.79 Å². The van der Waals surface area contributed by atoms with Gasteiger partial charge in [-0.2, -0.15) is 0 Å². The number of carbonyl (C=O) groups is 2. The fourth-order valence-electron chi connectivity index (χ4n) is 3.55. The Morgan fingerprint density at radius 2 is 1.91 bits per heavy atom. The van der Waals surface area contributed by atoms with Crippen LogP contribution < -0.4 is 10.6 Å². The number of alkyl carbamates (subject to hydrolysis) is 1. The quantitative estimate of drug-likeness (QED) is 0.570. The number of hydrogen-bond acceptors (Lipinski definition) is 6. The lowest BCUT2D eigenvalue weighted by molar-refractivity contribution is -0.117. The first-order chi connectivity index (χ1) is 15.2. The van der Waals surface area contributed by atoms with Crippen molar-refractivity contribution in [2.75, 3.05) is 5.32 Å². The number of nitrogens with zero attached hydrogens (tertiary/aromatic N) is 1. The van der Waals surface area contributed by atoms with Crippen molar-refractivity contribution in [1.29, 1.82) is 0 Å². The van der Waals surface area contributed by atoms with Gasteiger partial charge in [-0.25, -0.2) is 9.78 Å². The molecule has 2 N–H and O–H groups in total. The molecule has 8 heteroatoms. The lowest BCUT2D eigenvalue weighted by Crippen LogP contribution is -2.43. The van der Waals surface area contributed by atoms with Gasteiger partial charge in [-0.1, -0.05) is 54.9 Å². The molecule has 0 unspecified atom stereocenters. The molecule has 1 aliphatic rings. The Hall–Kier alpha value is -2.45. The number of rotatable bonds is 7. The predicted molar refractivity (Wildman–Crippen MR) is 127 cm³/mol. The SMILES string of the molecule is C[C@H](NC(=O)OC(C)(C)C)C(=O)Nc1ncc(-c2ccccc2COC2CCCCC2)s1. The largest absolute Gasteiger partial charge is 0.444 e. The summed E-state index contributed by atoms with van der Waals surface area (Å²) in [7, 11) is 0. The molecule has 2 aromatic rings. The van der Waals surface area contributed by atoms with Gasteiger partial charge in [-0.15, -0.1) is 0 Å². The Morgan fingerprint density at radius 1 is 1.19 bits per heavy atom. The van der Waals surface area contributed by atoms with Gasteiger partial charge in [0.15, 0.2) is 5.13 Å². The Labute approximate surface area is 193 Å². The normalized spacial score (nSPS) is 15.8. The summed E-state index contributed by atoms with van der Waals surface area (Å²) in [4.78, 5) is 29.7. The van der Waals surface area contributed by atoms with Crippen LogP contribution in [0.1, 0.15) is 65.4 Å². The van der Waals surface area contributed by atoms with Crippen LogP contribution in [0, 0.1) is 0 Å². The molecule has 1 fully saturated rings. The summed E-state index contributed by atoms with van der Waals surface area (Å²) in [6.07, 6.45) is 7.52. The third-order valence-corrected chi connectivity index (χ3v) is 6.12. The van der Waals surface area contributed by atoms with Gasteiger partial charge in [0.05, 0.1) is 17.6 Å². The van der Waals surface area contributed by atoms with Crippen LogP contribution in [0.15, 0.2) is 30.5 Å². The average Bonchev–Trinajstić information content (AvgIpc) is 3.20. The number of anilines is 1. The van der Waals surface area contributed by atoms with Gasteiger partial charge >= 0.3 is 6.09 Å². The maximum absolute atomic E-state index is 12.5. The number of benzene rings is 1. The van der Waals surface area contributed by atoms with Crippen LogP contribution >= 0.6 is 11.3 Å². The van der Waals surface area contributed by atoms with Gasteiger partial charge < -0.3 is 20.1 Å². The highest BCUT2D eigenvalue weighted by atomic mass is 32.1. The van der Waals surface area contributed by atoms with Crippen LogP contribution in [0.2, 0.25) is 0 Å². The maximum atomic E-state index is 12.5. The van der Waals surface area contributed by atoms with Crippen molar-refractivity contribution in [2.24, 2.45) is 0 Å². The van der Waals surface area contributed by atoms with Crippen LogP contribution in [0.25, 0.3) is 10.4 Å². The minimum atomic E-state index is -0.756. The summed E-state index contributed by atoms with van der Waals surface area (Å²) in [6.45, 7) is 7.48. The summed E-state index contributed by atoms with van der Waals surface area (Å²) in [5.41, 5.74) is 1.54. The van der Waals surface area contributed by atoms with Crippen LogP contribution in [-0.4, -0.2) is 34.7 Å². The van der Waals surface area contributed by atoms with Crippen molar-refractivity contribution in [3.05, 3.63) is 36.0 Å². The van der Waals surface area contributed by atoms with Crippen molar-refractivity contribution in [3.8, 4) is 10.4 Å². The highest BCUT2D eigenvalue weighted by Gasteiger charge is 2.22. The number of nitrogens with one attached hydrogen (secondary N) is 2. The molecule has 1 saturated carbocycles. The molecule has 7 nitrogen and oxygen atoms in total. The second kappa shape index (κ2) is 10.9. The third-order valence-electron chi connectivity index (χ3n) is 5.17. The fraction of sp³-hybridized carbons (Fsp3) is 0.542. The van der Waals surface area contributed by atoms with Crippen LogP contribution in [-0.2, 0) is 20.9 Å². The summed E-state index contributed by atoms with van der Waals surface area (Å²) >= 11 is 1.39. The molecular formula is C24H33N3O4S. The first-order valence-corrected chi connectivity index (χ1v) is 12.0. The topological polar surface area (TPSA) is 89.5 Å². The molecule has 2 amide bonds. The standard InChI is InChI=1S/C24H33N3O4S/c1-16(26-23(29)31-24(2,3)4)21(28)27-22-25-14-20(32-22)19-13-9-8-10-17(19)15-30-18-11-6-5-7-12-18/h8-10,13-14,16,18H,5-7,11-12,15H2,1-4H3,(H,26,29)(H,25,27,28)/t16-/m0/s1. The molecule has 32 heavy (non-hydrogen) atoms.